The first-order valence-corrected chi connectivity index (χ1v) is 5.56. The third-order valence-corrected chi connectivity index (χ3v) is 0. The van der Waals surface area contributed by atoms with Crippen molar-refractivity contribution in [2.75, 3.05) is 0 Å². The average Bonchev–Trinajstić information content (AvgIpc) is 1.41. The van der Waals surface area contributed by atoms with E-state index in [1.807, 2.05) is 0 Å². The van der Waals surface area contributed by atoms with E-state index in [-0.39, 0.29) is 33.6 Å². The lowest BCUT2D eigenvalue weighted by molar-refractivity contribution is 0.538. The molecule has 0 aliphatic carbocycles. The topological polar surface area (TPSA) is 0 Å². The zero-order valence-corrected chi connectivity index (χ0v) is 14.4. The van der Waals surface area contributed by atoms with Gasteiger partial charge in [-0.1, -0.05) is 62.3 Å². The monoisotopic (exact) mass is 240 g/mol. The third-order valence-electron chi connectivity index (χ3n) is 0. The summed E-state index contributed by atoms with van der Waals surface area (Å²) in [4.78, 5) is 0. The minimum absolute atomic E-state index is 0. The zero-order chi connectivity index (χ0) is 13.5. The third kappa shape index (κ3) is 9390. The molecule has 0 rings (SSSR count). The molecule has 0 aliphatic rings. The molecule has 6 radical (unpaired) electrons. The molecular weight excluding hydrogens is 207 g/mol. The van der Waals surface area contributed by atoms with Gasteiger partial charge < -0.3 is 0 Å². The SMILES string of the molecule is [Al].[CH2]C(C)(C)C.[CH2]C(C)(C)C.[CH2]C(C)(C)C. The van der Waals surface area contributed by atoms with Crippen LogP contribution < -0.4 is 0 Å². The highest BCUT2D eigenvalue weighted by Gasteiger charge is 1.96. The summed E-state index contributed by atoms with van der Waals surface area (Å²) in [7, 11) is 0. The molecule has 0 aromatic rings. The van der Waals surface area contributed by atoms with Crippen LogP contribution in [0.15, 0.2) is 0 Å². The van der Waals surface area contributed by atoms with Crippen LogP contribution in [0.1, 0.15) is 62.3 Å². The van der Waals surface area contributed by atoms with E-state index in [1.165, 1.54) is 0 Å². The van der Waals surface area contributed by atoms with Gasteiger partial charge in [0.05, 0.1) is 0 Å². The van der Waals surface area contributed by atoms with E-state index in [0.29, 0.717) is 0 Å². The van der Waals surface area contributed by atoms with E-state index in [4.69, 9.17) is 0 Å². The van der Waals surface area contributed by atoms with E-state index in [0.717, 1.165) is 0 Å². The van der Waals surface area contributed by atoms with Gasteiger partial charge in [0.1, 0.15) is 0 Å². The molecule has 16 heavy (non-hydrogen) atoms. The minimum Gasteiger partial charge on any atom is -0.0602 e. The number of hydrogen-bond donors (Lipinski definition) is 0. The lowest BCUT2D eigenvalue weighted by atomic mass is 10.0. The molecule has 0 atom stereocenters. The fraction of sp³-hybridized carbons (Fsp3) is 0.800. The summed E-state index contributed by atoms with van der Waals surface area (Å²) in [6.07, 6.45) is 0. The summed E-state index contributed by atoms with van der Waals surface area (Å²) in [5, 5.41) is 0. The standard InChI is InChI=1S/3C5H11.Al/c3*1-5(2,3)4;/h3*1H2,2-4H3;. The Balaban J connectivity index is -0.0000000655. The Bertz CT molecular complexity index is 80.5. The molecule has 0 nitrogen and oxygen atoms in total. The van der Waals surface area contributed by atoms with Crippen molar-refractivity contribution in [3.63, 3.8) is 0 Å². The normalized spacial score (nSPS) is 11.2. The molecule has 0 unspecified atom stereocenters. The van der Waals surface area contributed by atoms with Gasteiger partial charge in [0, 0.05) is 17.4 Å². The predicted octanol–water partition coefficient (Wildman–Crippen LogP) is 5.22. The maximum absolute atomic E-state index is 3.77. The van der Waals surface area contributed by atoms with Crippen molar-refractivity contribution in [1.82, 2.24) is 0 Å². The lowest BCUT2D eigenvalue weighted by Gasteiger charge is -2.05. The Labute approximate surface area is 117 Å². The Morgan fingerprint density at radius 2 is 0.438 bits per heavy atom. The minimum atomic E-state index is 0. The van der Waals surface area contributed by atoms with Gasteiger partial charge in [-0.25, -0.2) is 0 Å². The summed E-state index contributed by atoms with van der Waals surface area (Å²) in [5.41, 5.74) is 0.750. The molecule has 0 aliphatic heterocycles. The van der Waals surface area contributed by atoms with Crippen LogP contribution in [-0.2, 0) is 0 Å². The van der Waals surface area contributed by atoms with Gasteiger partial charge in [0.2, 0.25) is 0 Å². The van der Waals surface area contributed by atoms with Crippen LogP contribution in [0.2, 0.25) is 0 Å². The second-order valence-corrected chi connectivity index (χ2v) is 7.68. The maximum Gasteiger partial charge on any atom is 0 e. The lowest BCUT2D eigenvalue weighted by Crippen LogP contribution is -1.94. The first-order valence-electron chi connectivity index (χ1n) is 5.56. The largest absolute Gasteiger partial charge is 0.0602 e. The van der Waals surface area contributed by atoms with Crippen LogP contribution in [0.5, 0.6) is 0 Å². The van der Waals surface area contributed by atoms with Crippen LogP contribution in [-0.4, -0.2) is 17.4 Å². The van der Waals surface area contributed by atoms with Crippen LogP contribution >= 0.6 is 0 Å². The van der Waals surface area contributed by atoms with Crippen molar-refractivity contribution in [1.29, 1.82) is 0 Å². The van der Waals surface area contributed by atoms with Gasteiger partial charge >= 0.3 is 0 Å². The second kappa shape index (κ2) is 9.55. The van der Waals surface area contributed by atoms with Crippen LogP contribution in [0.3, 0.4) is 0 Å². The molecule has 0 aromatic carbocycles. The van der Waals surface area contributed by atoms with Crippen molar-refractivity contribution in [2.45, 2.75) is 62.3 Å². The molecule has 1 heteroatoms. The Morgan fingerprint density at radius 1 is 0.438 bits per heavy atom. The molecule has 0 saturated heterocycles. The van der Waals surface area contributed by atoms with Crippen LogP contribution in [0, 0.1) is 37.0 Å². The summed E-state index contributed by atoms with van der Waals surface area (Å²) in [6, 6.07) is 0. The van der Waals surface area contributed by atoms with E-state index in [1.54, 1.807) is 0 Å². The number of rotatable bonds is 0. The Hall–Kier alpha value is 0.532. The van der Waals surface area contributed by atoms with E-state index in [9.17, 15) is 0 Å². The van der Waals surface area contributed by atoms with Gasteiger partial charge in [0.15, 0.2) is 0 Å². The molecule has 0 N–H and O–H groups in total. The Kier molecular flexibility index (Phi) is 15.2. The fourth-order valence-electron chi connectivity index (χ4n) is 0. The first kappa shape index (κ1) is 25.4. The predicted molar refractivity (Wildman–Crippen MR) is 80.2 cm³/mol. The molecule has 0 aromatic heterocycles. The maximum atomic E-state index is 3.77. The quantitative estimate of drug-likeness (QED) is 0.509. The molecule has 0 fully saturated rings. The first-order chi connectivity index (χ1) is 6.00. The van der Waals surface area contributed by atoms with Crippen molar-refractivity contribution in [3.05, 3.63) is 20.8 Å². The van der Waals surface area contributed by atoms with Crippen molar-refractivity contribution in [2.24, 2.45) is 16.2 Å². The molecule has 0 spiro atoms. The molecule has 0 bridgehead atoms. The zero-order valence-electron chi connectivity index (χ0n) is 13.2. The molecular formula is C15H33Al. The van der Waals surface area contributed by atoms with Gasteiger partial charge in [-0.15, -0.1) is 0 Å². The summed E-state index contributed by atoms with van der Waals surface area (Å²) in [5.74, 6) is 0. The van der Waals surface area contributed by atoms with E-state index >= 15 is 0 Å². The smallest absolute Gasteiger partial charge is 0 e. The van der Waals surface area contributed by atoms with Gasteiger partial charge in [-0.3, -0.25) is 0 Å². The average molecular weight is 240 g/mol. The highest BCUT2D eigenvalue weighted by molar-refractivity contribution is 5.75. The highest BCUT2D eigenvalue weighted by atomic mass is 27.0. The van der Waals surface area contributed by atoms with Gasteiger partial charge in [0.25, 0.3) is 0 Å². The van der Waals surface area contributed by atoms with Crippen LogP contribution in [0.4, 0.5) is 0 Å². The van der Waals surface area contributed by atoms with Crippen molar-refractivity contribution < 1.29 is 0 Å². The second-order valence-electron chi connectivity index (χ2n) is 7.68. The molecule has 0 amide bonds. The van der Waals surface area contributed by atoms with Crippen LogP contribution in [0.25, 0.3) is 0 Å². The molecule has 96 valence electrons. The van der Waals surface area contributed by atoms with E-state index in [2.05, 4.69) is 83.1 Å². The number of hydrogen-bond acceptors (Lipinski definition) is 0. The van der Waals surface area contributed by atoms with Gasteiger partial charge in [-0.2, -0.15) is 0 Å². The molecule has 0 heterocycles. The Morgan fingerprint density at radius 3 is 0.438 bits per heavy atom. The summed E-state index contributed by atoms with van der Waals surface area (Å²) < 4.78 is 0. The van der Waals surface area contributed by atoms with Crippen molar-refractivity contribution >= 4 is 17.4 Å². The van der Waals surface area contributed by atoms with Gasteiger partial charge in [-0.05, 0) is 37.0 Å². The molecule has 0 saturated carbocycles. The van der Waals surface area contributed by atoms with E-state index < -0.39 is 0 Å². The summed E-state index contributed by atoms with van der Waals surface area (Å²) in [6.45, 7) is 30.0. The summed E-state index contributed by atoms with van der Waals surface area (Å²) >= 11 is 0. The van der Waals surface area contributed by atoms with Crippen molar-refractivity contribution in [3.8, 4) is 0 Å². The fourth-order valence-corrected chi connectivity index (χ4v) is 0. The highest BCUT2D eigenvalue weighted by Crippen LogP contribution is 2.08.